The second kappa shape index (κ2) is 6.35. The van der Waals surface area contributed by atoms with Gasteiger partial charge in [-0.2, -0.15) is 10.2 Å². The van der Waals surface area contributed by atoms with E-state index >= 15 is 0 Å². The Balaban J connectivity index is 1.34. The number of nitrogens with zero attached hydrogens (tertiary/aromatic N) is 4. The van der Waals surface area contributed by atoms with E-state index in [0.29, 0.717) is 19.0 Å². The molecular formula is C19H23N5O. The van der Waals surface area contributed by atoms with Crippen LogP contribution in [0.4, 0.5) is 0 Å². The van der Waals surface area contributed by atoms with E-state index in [0.717, 1.165) is 29.7 Å². The van der Waals surface area contributed by atoms with Crippen LogP contribution in [0.2, 0.25) is 0 Å². The summed E-state index contributed by atoms with van der Waals surface area (Å²) < 4.78 is 3.90. The zero-order valence-corrected chi connectivity index (χ0v) is 14.6. The van der Waals surface area contributed by atoms with Gasteiger partial charge in [0.15, 0.2) is 0 Å². The highest BCUT2D eigenvalue weighted by molar-refractivity contribution is 5.83. The van der Waals surface area contributed by atoms with Gasteiger partial charge in [-0.15, -0.1) is 0 Å². The molecule has 1 aliphatic carbocycles. The molecule has 1 saturated carbocycles. The van der Waals surface area contributed by atoms with Crippen molar-refractivity contribution < 1.29 is 4.79 Å². The Labute approximate surface area is 146 Å². The molecule has 1 fully saturated rings. The van der Waals surface area contributed by atoms with Crippen molar-refractivity contribution in [3.63, 3.8) is 0 Å². The molecule has 3 aromatic rings. The minimum atomic E-state index is 0.115. The highest BCUT2D eigenvalue weighted by Crippen LogP contribution is 2.47. The van der Waals surface area contributed by atoms with E-state index in [1.807, 2.05) is 40.7 Å². The standard InChI is InChI=1S/C19H23N5O/c1-3-23-17-12-21-24(18(17)13(2)22-23)10-9-20-19(25)16-11-15(16)14-7-5-4-6-8-14/h4-8,12,15-16H,3,9-11H2,1-2H3,(H,20,25)/t15-,16+/m0/s1. The van der Waals surface area contributed by atoms with Gasteiger partial charge in [-0.1, -0.05) is 30.3 Å². The maximum atomic E-state index is 12.3. The number of benzene rings is 1. The third-order valence-corrected chi connectivity index (χ3v) is 4.99. The van der Waals surface area contributed by atoms with Crippen LogP contribution in [-0.2, 0) is 17.9 Å². The summed E-state index contributed by atoms with van der Waals surface area (Å²) in [6, 6.07) is 10.3. The van der Waals surface area contributed by atoms with Crippen molar-refractivity contribution in [3.8, 4) is 0 Å². The van der Waals surface area contributed by atoms with Crippen LogP contribution in [0.1, 0.15) is 30.5 Å². The molecule has 6 nitrogen and oxygen atoms in total. The predicted octanol–water partition coefficient (Wildman–Crippen LogP) is 2.48. The lowest BCUT2D eigenvalue weighted by Crippen LogP contribution is -2.29. The minimum Gasteiger partial charge on any atom is -0.354 e. The molecule has 4 rings (SSSR count). The van der Waals surface area contributed by atoms with Gasteiger partial charge in [-0.3, -0.25) is 14.2 Å². The molecule has 0 saturated heterocycles. The lowest BCUT2D eigenvalue weighted by molar-refractivity contribution is -0.122. The van der Waals surface area contributed by atoms with Crippen LogP contribution in [0, 0.1) is 12.8 Å². The highest BCUT2D eigenvalue weighted by atomic mass is 16.2. The van der Waals surface area contributed by atoms with Gasteiger partial charge in [0.05, 0.1) is 18.4 Å². The largest absolute Gasteiger partial charge is 0.354 e. The van der Waals surface area contributed by atoms with Gasteiger partial charge < -0.3 is 5.32 Å². The number of hydrogen-bond acceptors (Lipinski definition) is 3. The molecule has 25 heavy (non-hydrogen) atoms. The van der Waals surface area contributed by atoms with E-state index in [2.05, 4.69) is 34.6 Å². The first-order valence-electron chi connectivity index (χ1n) is 8.90. The monoisotopic (exact) mass is 337 g/mol. The Bertz CT molecular complexity index is 895. The number of amides is 1. The smallest absolute Gasteiger partial charge is 0.223 e. The van der Waals surface area contributed by atoms with Gasteiger partial charge in [-0.25, -0.2) is 0 Å². The highest BCUT2D eigenvalue weighted by Gasteiger charge is 2.43. The number of rotatable bonds is 6. The van der Waals surface area contributed by atoms with E-state index in [1.165, 1.54) is 5.56 Å². The molecule has 0 aliphatic heterocycles. The van der Waals surface area contributed by atoms with Crippen LogP contribution in [0.3, 0.4) is 0 Å². The number of carbonyl (C=O) groups excluding carboxylic acids is 1. The molecule has 0 unspecified atom stereocenters. The molecule has 0 bridgehead atoms. The summed E-state index contributed by atoms with van der Waals surface area (Å²) in [5.41, 5.74) is 4.35. The Kier molecular flexibility index (Phi) is 4.03. The molecule has 6 heteroatoms. The van der Waals surface area contributed by atoms with E-state index < -0.39 is 0 Å². The molecule has 0 spiro atoms. The summed E-state index contributed by atoms with van der Waals surface area (Å²) in [7, 11) is 0. The first kappa shape index (κ1) is 15.9. The van der Waals surface area contributed by atoms with Gasteiger partial charge >= 0.3 is 0 Å². The van der Waals surface area contributed by atoms with Crippen LogP contribution in [0.5, 0.6) is 0 Å². The summed E-state index contributed by atoms with van der Waals surface area (Å²) in [5.74, 6) is 0.644. The third kappa shape index (κ3) is 2.92. The maximum Gasteiger partial charge on any atom is 0.223 e. The van der Waals surface area contributed by atoms with E-state index in [4.69, 9.17) is 0 Å². The van der Waals surface area contributed by atoms with Crippen LogP contribution in [0.15, 0.2) is 36.5 Å². The fourth-order valence-electron chi connectivity index (χ4n) is 3.60. The predicted molar refractivity (Wildman–Crippen MR) is 96.2 cm³/mol. The molecule has 2 aromatic heterocycles. The van der Waals surface area contributed by atoms with Crippen LogP contribution >= 0.6 is 0 Å². The molecular weight excluding hydrogens is 314 g/mol. The van der Waals surface area contributed by atoms with Crippen molar-refractivity contribution in [2.45, 2.75) is 39.3 Å². The second-order valence-electron chi connectivity index (χ2n) is 6.65. The first-order valence-corrected chi connectivity index (χ1v) is 8.90. The van der Waals surface area contributed by atoms with E-state index in [1.54, 1.807) is 0 Å². The Morgan fingerprint density at radius 2 is 2.08 bits per heavy atom. The van der Waals surface area contributed by atoms with Crippen molar-refractivity contribution in [1.82, 2.24) is 24.9 Å². The molecule has 2 heterocycles. The zero-order chi connectivity index (χ0) is 17.4. The normalized spacial score (nSPS) is 19.3. The van der Waals surface area contributed by atoms with Gasteiger partial charge in [0, 0.05) is 19.0 Å². The van der Waals surface area contributed by atoms with Crippen molar-refractivity contribution in [2.75, 3.05) is 6.54 Å². The van der Waals surface area contributed by atoms with Crippen molar-refractivity contribution >= 4 is 16.9 Å². The SMILES string of the molecule is CCn1nc(C)c2c1cnn2CCNC(=O)[C@@H]1C[C@H]1c1ccccc1. The fraction of sp³-hybridized carbons (Fsp3) is 0.421. The van der Waals surface area contributed by atoms with Crippen LogP contribution in [-0.4, -0.2) is 32.0 Å². The molecule has 0 radical (unpaired) electrons. The molecule has 130 valence electrons. The third-order valence-electron chi connectivity index (χ3n) is 4.99. The summed E-state index contributed by atoms with van der Waals surface area (Å²) in [6.07, 6.45) is 2.80. The Hall–Kier alpha value is -2.63. The second-order valence-corrected chi connectivity index (χ2v) is 6.65. The molecule has 1 amide bonds. The number of carbonyl (C=O) groups is 1. The van der Waals surface area contributed by atoms with Gasteiger partial charge in [-0.05, 0) is 31.7 Å². The topological polar surface area (TPSA) is 64.7 Å². The molecule has 1 aromatic carbocycles. The number of aromatic nitrogens is 4. The molecule has 1 N–H and O–H groups in total. The average Bonchev–Trinajstić information content (AvgIpc) is 3.23. The quantitative estimate of drug-likeness (QED) is 0.751. The van der Waals surface area contributed by atoms with Gasteiger partial charge in [0.1, 0.15) is 11.0 Å². The van der Waals surface area contributed by atoms with Crippen molar-refractivity contribution in [2.24, 2.45) is 5.92 Å². The molecule has 2 atom stereocenters. The fourth-order valence-corrected chi connectivity index (χ4v) is 3.60. The zero-order valence-electron chi connectivity index (χ0n) is 14.6. The summed E-state index contributed by atoms with van der Waals surface area (Å²) >= 11 is 0. The summed E-state index contributed by atoms with van der Waals surface area (Å²) in [6.45, 7) is 6.15. The van der Waals surface area contributed by atoms with Gasteiger partial charge in [0.25, 0.3) is 0 Å². The van der Waals surface area contributed by atoms with E-state index in [-0.39, 0.29) is 11.8 Å². The van der Waals surface area contributed by atoms with Crippen LogP contribution in [0.25, 0.3) is 11.0 Å². The summed E-state index contributed by atoms with van der Waals surface area (Å²) in [5, 5.41) is 12.0. The number of aryl methyl sites for hydroxylation is 2. The van der Waals surface area contributed by atoms with Crippen molar-refractivity contribution in [3.05, 3.63) is 47.8 Å². The lowest BCUT2D eigenvalue weighted by Gasteiger charge is -2.06. The number of hydrogen-bond donors (Lipinski definition) is 1. The summed E-state index contributed by atoms with van der Waals surface area (Å²) in [4.78, 5) is 12.3. The Morgan fingerprint density at radius 1 is 1.28 bits per heavy atom. The van der Waals surface area contributed by atoms with Crippen molar-refractivity contribution in [1.29, 1.82) is 0 Å². The Morgan fingerprint density at radius 3 is 2.84 bits per heavy atom. The van der Waals surface area contributed by atoms with Gasteiger partial charge in [0.2, 0.25) is 5.91 Å². The number of fused-ring (bicyclic) bond motifs is 1. The van der Waals surface area contributed by atoms with E-state index in [9.17, 15) is 4.79 Å². The average molecular weight is 337 g/mol. The maximum absolute atomic E-state index is 12.3. The van der Waals surface area contributed by atoms with Crippen LogP contribution < -0.4 is 5.32 Å². The molecule has 1 aliphatic rings. The lowest BCUT2D eigenvalue weighted by atomic mass is 10.1. The first-order chi connectivity index (χ1) is 12.2. The minimum absolute atomic E-state index is 0.115. The number of nitrogens with one attached hydrogen (secondary N) is 1.